The Morgan fingerprint density at radius 2 is 1.89 bits per heavy atom. The smallest absolute Gasteiger partial charge is 0.328 e. The van der Waals surface area contributed by atoms with Gasteiger partial charge >= 0.3 is 5.97 Å². The Kier molecular flexibility index (Phi) is 7.98. The van der Waals surface area contributed by atoms with Crippen LogP contribution in [0.3, 0.4) is 0 Å². The van der Waals surface area contributed by atoms with Gasteiger partial charge in [-0.05, 0) is 67.8 Å². The molecule has 0 bridgehead atoms. The molecule has 0 aliphatic heterocycles. The van der Waals surface area contributed by atoms with Crippen LogP contribution in [0, 0.1) is 12.8 Å². The van der Waals surface area contributed by atoms with Crippen molar-refractivity contribution >= 4 is 22.5 Å². The highest BCUT2D eigenvalue weighted by Crippen LogP contribution is 2.29. The quantitative estimate of drug-likeness (QED) is 0.380. The van der Waals surface area contributed by atoms with E-state index in [2.05, 4.69) is 29.1 Å². The largest absolute Gasteiger partial charge is 0.464 e. The third-order valence-corrected chi connectivity index (χ3v) is 6.14. The average Bonchev–Trinajstić information content (AvgIpc) is 3.18. The number of ether oxygens (including phenoxy) is 2. The van der Waals surface area contributed by atoms with Crippen molar-refractivity contribution in [1.82, 2.24) is 15.3 Å². The SMILES string of the molecule is CCOC(=O)[C@H](Cc1ccc(Oc2nc(C)cc3ccncc23)cc1)NC1=C(CC(C)C)C(=O)CC1. The van der Waals surface area contributed by atoms with E-state index < -0.39 is 6.04 Å². The van der Waals surface area contributed by atoms with Gasteiger partial charge in [0.25, 0.3) is 0 Å². The highest BCUT2D eigenvalue weighted by atomic mass is 16.5. The number of rotatable bonds is 10. The molecule has 7 nitrogen and oxygen atoms in total. The third kappa shape index (κ3) is 6.08. The van der Waals surface area contributed by atoms with Crippen LogP contribution in [-0.4, -0.2) is 34.4 Å². The molecule has 3 aromatic rings. The number of pyridine rings is 2. The van der Waals surface area contributed by atoms with Gasteiger partial charge in [0.15, 0.2) is 5.78 Å². The Balaban J connectivity index is 1.52. The predicted octanol–water partition coefficient (Wildman–Crippen LogP) is 5.46. The molecule has 0 spiro atoms. The van der Waals surface area contributed by atoms with E-state index in [9.17, 15) is 9.59 Å². The van der Waals surface area contributed by atoms with Crippen molar-refractivity contribution in [2.45, 2.75) is 59.4 Å². The summed E-state index contributed by atoms with van der Waals surface area (Å²) in [5, 5.41) is 5.21. The Morgan fingerprint density at radius 1 is 1.11 bits per heavy atom. The molecule has 1 aliphatic rings. The van der Waals surface area contributed by atoms with Gasteiger partial charge in [-0.15, -0.1) is 0 Å². The molecule has 2 heterocycles. The summed E-state index contributed by atoms with van der Waals surface area (Å²) in [7, 11) is 0. The molecule has 1 aromatic carbocycles. The lowest BCUT2D eigenvalue weighted by molar-refractivity contribution is -0.145. The number of nitrogens with zero attached hydrogens (tertiary/aromatic N) is 2. The number of allylic oxidation sites excluding steroid dienone is 2. The second-order valence-corrected chi connectivity index (χ2v) is 9.54. The summed E-state index contributed by atoms with van der Waals surface area (Å²) in [4.78, 5) is 33.9. The number of nitrogens with one attached hydrogen (secondary N) is 1. The fourth-order valence-electron chi connectivity index (χ4n) is 4.47. The van der Waals surface area contributed by atoms with Crippen molar-refractivity contribution in [3.05, 3.63) is 71.3 Å². The minimum atomic E-state index is -0.576. The van der Waals surface area contributed by atoms with E-state index in [1.165, 1.54) is 0 Å². The van der Waals surface area contributed by atoms with Crippen LogP contribution in [0.25, 0.3) is 10.8 Å². The summed E-state index contributed by atoms with van der Waals surface area (Å²) < 4.78 is 11.4. The average molecular weight is 488 g/mol. The Labute approximate surface area is 211 Å². The molecule has 1 aliphatic carbocycles. The van der Waals surface area contributed by atoms with Crippen molar-refractivity contribution in [3.8, 4) is 11.6 Å². The first-order chi connectivity index (χ1) is 17.3. The third-order valence-electron chi connectivity index (χ3n) is 6.14. The number of hydrogen-bond acceptors (Lipinski definition) is 7. The van der Waals surface area contributed by atoms with E-state index in [4.69, 9.17) is 9.47 Å². The van der Waals surface area contributed by atoms with Crippen molar-refractivity contribution in [3.63, 3.8) is 0 Å². The first-order valence-corrected chi connectivity index (χ1v) is 12.5. The number of benzene rings is 1. The molecular formula is C29H33N3O4. The molecule has 2 aromatic heterocycles. The molecule has 0 saturated heterocycles. The second kappa shape index (κ2) is 11.3. The number of carbonyl (C=O) groups excluding carboxylic acids is 2. The molecule has 1 N–H and O–H groups in total. The molecule has 1 atom stereocenters. The molecule has 0 saturated carbocycles. The summed E-state index contributed by atoms with van der Waals surface area (Å²) in [6.07, 6.45) is 5.76. The number of fused-ring (bicyclic) bond motifs is 1. The lowest BCUT2D eigenvalue weighted by Gasteiger charge is -2.21. The highest BCUT2D eigenvalue weighted by Gasteiger charge is 2.28. The molecule has 0 amide bonds. The maximum Gasteiger partial charge on any atom is 0.328 e. The standard InChI is InChI=1S/C29H33N3O4/c1-5-35-29(34)26(32-25-10-11-27(33)23(25)14-18(2)3)16-20-6-8-22(9-7-20)36-28-24-17-30-13-12-21(24)15-19(4)31-28/h6-9,12-13,15,17-18,26,32H,5,10-11,14,16H2,1-4H3/t26-/m0/s1. The first kappa shape index (κ1) is 25.4. The molecule has 4 rings (SSSR count). The molecule has 0 fully saturated rings. The van der Waals surface area contributed by atoms with E-state index in [0.29, 0.717) is 49.8 Å². The summed E-state index contributed by atoms with van der Waals surface area (Å²) in [5.41, 5.74) is 3.50. The number of aryl methyl sites for hydroxylation is 1. The Hall–Kier alpha value is -3.74. The maximum atomic E-state index is 12.8. The number of ketones is 1. The van der Waals surface area contributed by atoms with E-state index in [1.54, 1.807) is 19.3 Å². The van der Waals surface area contributed by atoms with Gasteiger partial charge in [-0.1, -0.05) is 26.0 Å². The van der Waals surface area contributed by atoms with Gasteiger partial charge in [0.05, 0.1) is 12.0 Å². The van der Waals surface area contributed by atoms with Gasteiger partial charge in [0.2, 0.25) is 5.88 Å². The lowest BCUT2D eigenvalue weighted by Crippen LogP contribution is -2.39. The van der Waals surface area contributed by atoms with E-state index in [1.807, 2.05) is 43.3 Å². The van der Waals surface area contributed by atoms with E-state index in [0.717, 1.165) is 33.3 Å². The van der Waals surface area contributed by atoms with Gasteiger partial charge in [0.1, 0.15) is 11.8 Å². The van der Waals surface area contributed by atoms with Crippen molar-refractivity contribution < 1.29 is 19.1 Å². The minimum Gasteiger partial charge on any atom is -0.464 e. The van der Waals surface area contributed by atoms with Gasteiger partial charge in [-0.25, -0.2) is 9.78 Å². The Bertz CT molecular complexity index is 1280. The molecule has 0 radical (unpaired) electrons. The van der Waals surface area contributed by atoms with Gasteiger partial charge in [0, 0.05) is 42.2 Å². The topological polar surface area (TPSA) is 90.4 Å². The molecule has 7 heteroatoms. The molecule has 0 unspecified atom stereocenters. The van der Waals surface area contributed by atoms with Crippen molar-refractivity contribution in [2.75, 3.05) is 6.61 Å². The van der Waals surface area contributed by atoms with Gasteiger partial charge in [-0.3, -0.25) is 9.78 Å². The lowest BCUT2D eigenvalue weighted by atomic mass is 10.0. The maximum absolute atomic E-state index is 12.8. The van der Waals surface area contributed by atoms with Crippen LogP contribution < -0.4 is 10.1 Å². The van der Waals surface area contributed by atoms with Crippen LogP contribution in [0.15, 0.2) is 60.1 Å². The zero-order valence-corrected chi connectivity index (χ0v) is 21.3. The minimum absolute atomic E-state index is 0.169. The normalized spacial score (nSPS) is 14.4. The van der Waals surface area contributed by atoms with E-state index in [-0.39, 0.29) is 11.8 Å². The summed E-state index contributed by atoms with van der Waals surface area (Å²) in [6.45, 7) is 8.20. The fourth-order valence-corrected chi connectivity index (χ4v) is 4.47. The second-order valence-electron chi connectivity index (χ2n) is 9.54. The summed E-state index contributed by atoms with van der Waals surface area (Å²) >= 11 is 0. The number of esters is 1. The zero-order valence-electron chi connectivity index (χ0n) is 21.3. The van der Waals surface area contributed by atoms with Crippen LogP contribution >= 0.6 is 0 Å². The van der Waals surface area contributed by atoms with Crippen LogP contribution in [0.2, 0.25) is 0 Å². The Morgan fingerprint density at radius 3 is 2.61 bits per heavy atom. The summed E-state index contributed by atoms with van der Waals surface area (Å²) in [5.74, 6) is 1.36. The van der Waals surface area contributed by atoms with E-state index >= 15 is 0 Å². The van der Waals surface area contributed by atoms with Crippen molar-refractivity contribution in [1.29, 1.82) is 0 Å². The van der Waals surface area contributed by atoms with Crippen LogP contribution in [0.5, 0.6) is 11.6 Å². The number of aromatic nitrogens is 2. The molecular weight excluding hydrogens is 454 g/mol. The van der Waals surface area contributed by atoms with Gasteiger partial charge < -0.3 is 14.8 Å². The number of Topliss-reactive ketones (excluding diaryl/α,β-unsaturated/α-hetero) is 1. The summed E-state index contributed by atoms with van der Waals surface area (Å²) in [6, 6.07) is 11.0. The van der Waals surface area contributed by atoms with Gasteiger partial charge in [-0.2, -0.15) is 0 Å². The van der Waals surface area contributed by atoms with Crippen LogP contribution in [-0.2, 0) is 20.7 Å². The number of carbonyl (C=O) groups is 2. The van der Waals surface area contributed by atoms with Crippen LogP contribution in [0.4, 0.5) is 0 Å². The van der Waals surface area contributed by atoms with Crippen LogP contribution in [0.1, 0.15) is 51.3 Å². The highest BCUT2D eigenvalue weighted by molar-refractivity contribution is 5.98. The fraction of sp³-hybridized carbons (Fsp3) is 0.379. The van der Waals surface area contributed by atoms with Crippen molar-refractivity contribution in [2.24, 2.45) is 5.92 Å². The number of hydrogen-bond donors (Lipinski definition) is 1. The first-order valence-electron chi connectivity index (χ1n) is 12.5. The zero-order chi connectivity index (χ0) is 25.7. The predicted molar refractivity (Wildman–Crippen MR) is 139 cm³/mol. The molecule has 36 heavy (non-hydrogen) atoms. The molecule has 188 valence electrons. The monoisotopic (exact) mass is 487 g/mol.